The summed E-state index contributed by atoms with van der Waals surface area (Å²) in [6.07, 6.45) is 0.148. The molecular weight excluding hydrogens is 662 g/mol. The quantitative estimate of drug-likeness (QED) is 0.184. The molecule has 0 spiro atoms. The van der Waals surface area contributed by atoms with Crippen molar-refractivity contribution in [3.63, 3.8) is 0 Å². The second-order valence-corrected chi connectivity index (χ2v) is 15.6. The number of hydrogen-bond acceptors (Lipinski definition) is 8. The molecule has 3 N–H and O–H groups in total. The van der Waals surface area contributed by atoms with Gasteiger partial charge in [0.1, 0.15) is 6.04 Å². The van der Waals surface area contributed by atoms with Gasteiger partial charge in [0.15, 0.2) is 0 Å². The molecule has 2 rings (SSSR count). The van der Waals surface area contributed by atoms with Crippen LogP contribution in [0.15, 0.2) is 30.3 Å². The number of likely N-dealkylation sites (N-methyl/N-ethyl adjacent to an activating group) is 2. The Balaban J connectivity index is 2.25. The van der Waals surface area contributed by atoms with Crippen LogP contribution in [0.1, 0.15) is 92.7 Å². The van der Waals surface area contributed by atoms with E-state index in [9.17, 15) is 24.3 Å². The number of aliphatic hydroxyl groups is 1. The highest BCUT2D eigenvalue weighted by atomic mass is 16.5. The zero-order valence-corrected chi connectivity index (χ0v) is 34.1. The normalized spacial score (nSPS) is 20.1. The number of carbonyl (C=O) groups excluding carboxylic acids is 4. The molecule has 0 saturated carbocycles. The number of rotatable bonds is 20. The molecular formula is C40H69N5O7. The third-order valence-electron chi connectivity index (χ3n) is 10.9. The molecule has 1 aliphatic rings. The van der Waals surface area contributed by atoms with Crippen LogP contribution >= 0.6 is 0 Å². The molecule has 2 unspecified atom stereocenters. The highest BCUT2D eigenvalue weighted by Crippen LogP contribution is 2.30. The van der Waals surface area contributed by atoms with Crippen molar-refractivity contribution in [1.29, 1.82) is 0 Å². The van der Waals surface area contributed by atoms with E-state index in [4.69, 9.17) is 9.47 Å². The van der Waals surface area contributed by atoms with E-state index in [1.807, 2.05) is 90.9 Å². The second-order valence-electron chi connectivity index (χ2n) is 15.6. The average Bonchev–Trinajstić information content (AvgIpc) is 3.59. The molecule has 0 aromatic heterocycles. The van der Waals surface area contributed by atoms with Crippen molar-refractivity contribution in [2.24, 2.45) is 23.7 Å². The molecule has 12 heteroatoms. The molecule has 1 aliphatic heterocycles. The lowest BCUT2D eigenvalue weighted by atomic mass is 9.89. The molecule has 1 heterocycles. The Bertz CT molecular complexity index is 1270. The fraction of sp³-hybridized carbons (Fsp3) is 0.750. The van der Waals surface area contributed by atoms with Crippen molar-refractivity contribution in [2.75, 3.05) is 41.9 Å². The SMILES string of the molecule is CC[C@H](C)C([C@@H](CC(=O)N1CCC[C@H]1[C@H](OC)[C@@H](C)C(=O)N[C@H](C)[C@@H](O)c1ccccc1)OC)N(C)C(=O)[C@@H](NC(=O)C(C(C)C)N(C)C)C(C)C. The number of benzene rings is 1. The van der Waals surface area contributed by atoms with Gasteiger partial charge in [-0.05, 0) is 57.2 Å². The number of nitrogens with one attached hydrogen (secondary N) is 2. The maximum Gasteiger partial charge on any atom is 0.245 e. The Labute approximate surface area is 313 Å². The number of hydrogen-bond donors (Lipinski definition) is 3. The predicted molar refractivity (Wildman–Crippen MR) is 204 cm³/mol. The summed E-state index contributed by atoms with van der Waals surface area (Å²) < 4.78 is 11.9. The lowest BCUT2D eigenvalue weighted by molar-refractivity contribution is -0.148. The number of aliphatic hydroxyl groups excluding tert-OH is 1. The van der Waals surface area contributed by atoms with Crippen molar-refractivity contribution in [3.05, 3.63) is 35.9 Å². The molecule has 0 bridgehead atoms. The molecule has 0 aliphatic carbocycles. The van der Waals surface area contributed by atoms with Gasteiger partial charge in [-0.3, -0.25) is 24.1 Å². The number of ether oxygens (including phenoxy) is 2. The zero-order chi connectivity index (χ0) is 39.4. The lowest BCUT2D eigenvalue weighted by Gasteiger charge is -2.41. The Hall–Kier alpha value is -3.06. The van der Waals surface area contributed by atoms with Crippen LogP contribution in [0.4, 0.5) is 0 Å². The maximum absolute atomic E-state index is 14.2. The average molecular weight is 732 g/mol. The molecule has 1 aromatic carbocycles. The first-order valence-corrected chi connectivity index (χ1v) is 19.0. The van der Waals surface area contributed by atoms with Gasteiger partial charge in [-0.15, -0.1) is 0 Å². The van der Waals surface area contributed by atoms with E-state index >= 15 is 0 Å². The summed E-state index contributed by atoms with van der Waals surface area (Å²) >= 11 is 0. The van der Waals surface area contributed by atoms with Crippen molar-refractivity contribution in [2.45, 2.75) is 130 Å². The van der Waals surface area contributed by atoms with Crippen LogP contribution in [-0.2, 0) is 28.7 Å². The molecule has 12 nitrogen and oxygen atoms in total. The Morgan fingerprint density at radius 2 is 1.52 bits per heavy atom. The zero-order valence-electron chi connectivity index (χ0n) is 34.1. The van der Waals surface area contributed by atoms with Crippen LogP contribution in [0, 0.1) is 23.7 Å². The van der Waals surface area contributed by atoms with Crippen LogP contribution in [0.3, 0.4) is 0 Å². The number of likely N-dealkylation sites (tertiary alicyclic amines) is 1. The third kappa shape index (κ3) is 11.5. The van der Waals surface area contributed by atoms with E-state index < -0.39 is 48.4 Å². The minimum Gasteiger partial charge on any atom is -0.386 e. The summed E-state index contributed by atoms with van der Waals surface area (Å²) in [4.78, 5) is 60.6. The molecule has 10 atom stereocenters. The summed E-state index contributed by atoms with van der Waals surface area (Å²) in [5, 5.41) is 16.8. The predicted octanol–water partition coefficient (Wildman–Crippen LogP) is 3.87. The van der Waals surface area contributed by atoms with E-state index in [1.54, 1.807) is 44.9 Å². The summed E-state index contributed by atoms with van der Waals surface area (Å²) in [5.74, 6) is -1.57. The van der Waals surface area contributed by atoms with Crippen molar-refractivity contribution < 1.29 is 33.8 Å². The summed E-state index contributed by atoms with van der Waals surface area (Å²) in [5.41, 5.74) is 0.711. The maximum atomic E-state index is 14.2. The van der Waals surface area contributed by atoms with Crippen LogP contribution in [0.2, 0.25) is 0 Å². The van der Waals surface area contributed by atoms with Gasteiger partial charge in [0.05, 0.1) is 54.8 Å². The molecule has 1 aromatic rings. The van der Waals surface area contributed by atoms with Crippen molar-refractivity contribution in [3.8, 4) is 0 Å². The monoisotopic (exact) mass is 732 g/mol. The first-order valence-electron chi connectivity index (χ1n) is 19.0. The first kappa shape index (κ1) is 45.1. The van der Waals surface area contributed by atoms with Gasteiger partial charge in [0.25, 0.3) is 0 Å². The fourth-order valence-corrected chi connectivity index (χ4v) is 7.78. The molecule has 52 heavy (non-hydrogen) atoms. The van der Waals surface area contributed by atoms with Crippen molar-refractivity contribution >= 4 is 23.6 Å². The Morgan fingerprint density at radius 3 is 2.02 bits per heavy atom. The van der Waals surface area contributed by atoms with Crippen LogP contribution < -0.4 is 10.6 Å². The summed E-state index contributed by atoms with van der Waals surface area (Å²) in [7, 11) is 8.57. The Kier molecular flexibility index (Phi) is 18.2. The van der Waals surface area contributed by atoms with Gasteiger partial charge in [-0.1, -0.05) is 85.2 Å². The topological polar surface area (TPSA) is 141 Å². The summed E-state index contributed by atoms with van der Waals surface area (Å²) in [6.45, 7) is 16.0. The number of methoxy groups -OCH3 is 2. The Morgan fingerprint density at radius 1 is 0.904 bits per heavy atom. The number of carbonyl (C=O) groups is 4. The molecule has 0 radical (unpaired) electrons. The van der Waals surface area contributed by atoms with Gasteiger partial charge < -0.3 is 35.0 Å². The van der Waals surface area contributed by atoms with E-state index in [0.29, 0.717) is 18.5 Å². The van der Waals surface area contributed by atoms with Gasteiger partial charge in [-0.2, -0.15) is 0 Å². The summed E-state index contributed by atoms with van der Waals surface area (Å²) in [6, 6.07) is 6.72. The smallest absolute Gasteiger partial charge is 0.245 e. The second kappa shape index (κ2) is 21.0. The van der Waals surface area contributed by atoms with Gasteiger partial charge >= 0.3 is 0 Å². The van der Waals surface area contributed by atoms with Crippen molar-refractivity contribution in [1.82, 2.24) is 25.3 Å². The van der Waals surface area contributed by atoms with Crippen LogP contribution in [-0.4, -0.2) is 128 Å². The fourth-order valence-electron chi connectivity index (χ4n) is 7.78. The molecule has 296 valence electrons. The highest BCUT2D eigenvalue weighted by molar-refractivity contribution is 5.90. The van der Waals surface area contributed by atoms with E-state index in [2.05, 4.69) is 10.6 Å². The van der Waals surface area contributed by atoms with Gasteiger partial charge in [0, 0.05) is 27.8 Å². The molecule has 1 saturated heterocycles. The van der Waals surface area contributed by atoms with E-state index in [0.717, 1.165) is 12.8 Å². The lowest BCUT2D eigenvalue weighted by Crippen LogP contribution is -2.59. The minimum atomic E-state index is -0.876. The largest absolute Gasteiger partial charge is 0.386 e. The van der Waals surface area contributed by atoms with Gasteiger partial charge in [0.2, 0.25) is 23.6 Å². The van der Waals surface area contributed by atoms with E-state index in [1.165, 1.54) is 0 Å². The number of nitrogens with zero attached hydrogens (tertiary/aromatic N) is 3. The van der Waals surface area contributed by atoms with Crippen LogP contribution in [0.25, 0.3) is 0 Å². The first-order chi connectivity index (χ1) is 24.4. The highest BCUT2D eigenvalue weighted by Gasteiger charge is 2.43. The molecule has 1 fully saturated rings. The van der Waals surface area contributed by atoms with E-state index in [-0.39, 0.29) is 53.8 Å². The number of amides is 4. The van der Waals surface area contributed by atoms with Gasteiger partial charge in [-0.25, -0.2) is 0 Å². The standard InChI is InChI=1S/C40H69N5O7/c1-14-26(6)35(44(11)40(50)33(24(2)3)42-39(49)34(25(4)5)43(9)10)31(51-12)23-32(46)45-22-18-21-30(45)37(52-13)27(7)38(48)41-28(8)36(47)29-19-16-15-17-20-29/h15-17,19-20,24-28,30-31,33-37,47H,14,18,21-23H2,1-13H3,(H,41,48)(H,42,49)/t26-,27+,28+,30-,31+,33-,34?,35?,36+,37+/m0/s1. The minimum absolute atomic E-state index is 0.0153. The third-order valence-corrected chi connectivity index (χ3v) is 10.9. The molecule has 4 amide bonds. The van der Waals surface area contributed by atoms with Crippen LogP contribution in [0.5, 0.6) is 0 Å².